The smallest absolute Gasteiger partial charge is 0.0720 e. The van der Waals surface area contributed by atoms with Gasteiger partial charge in [-0.25, -0.2) is 0 Å². The second-order valence-corrected chi connectivity index (χ2v) is 6.27. The van der Waals surface area contributed by atoms with Gasteiger partial charge in [0.05, 0.1) is 12.7 Å². The molecule has 19 heavy (non-hydrogen) atoms. The van der Waals surface area contributed by atoms with Crippen molar-refractivity contribution in [3.63, 3.8) is 0 Å². The Labute approximate surface area is 116 Å². The average Bonchev–Trinajstić information content (AvgIpc) is 2.72. The second kappa shape index (κ2) is 5.64. The van der Waals surface area contributed by atoms with Gasteiger partial charge in [0.25, 0.3) is 0 Å². The Morgan fingerprint density at radius 3 is 2.37 bits per heavy atom. The Bertz CT molecular complexity index is 395. The van der Waals surface area contributed by atoms with Crippen LogP contribution >= 0.6 is 0 Å². The molecule has 2 atom stereocenters. The summed E-state index contributed by atoms with van der Waals surface area (Å²) in [6, 6.07) is 10.8. The Morgan fingerprint density at radius 1 is 1.05 bits per heavy atom. The zero-order chi connectivity index (χ0) is 13.1. The van der Waals surface area contributed by atoms with Crippen LogP contribution in [-0.2, 0) is 11.3 Å². The van der Waals surface area contributed by atoms with E-state index in [2.05, 4.69) is 30.3 Å². The Balaban J connectivity index is 1.61. The molecule has 0 bridgehead atoms. The van der Waals surface area contributed by atoms with E-state index in [4.69, 9.17) is 10.5 Å². The molecule has 2 unspecified atom stereocenters. The van der Waals surface area contributed by atoms with Crippen LogP contribution in [0.3, 0.4) is 0 Å². The fourth-order valence-electron chi connectivity index (χ4n) is 3.86. The summed E-state index contributed by atoms with van der Waals surface area (Å²) in [5, 5.41) is 0. The molecule has 0 aliphatic heterocycles. The number of rotatable bonds is 3. The molecule has 2 N–H and O–H groups in total. The number of ether oxygens (including phenoxy) is 1. The van der Waals surface area contributed by atoms with Crippen molar-refractivity contribution in [3.05, 3.63) is 35.9 Å². The number of nitrogens with two attached hydrogens (primary N) is 1. The van der Waals surface area contributed by atoms with Gasteiger partial charge in [-0.05, 0) is 24.8 Å². The van der Waals surface area contributed by atoms with E-state index < -0.39 is 0 Å². The molecule has 2 aliphatic carbocycles. The van der Waals surface area contributed by atoms with E-state index in [1.165, 1.54) is 44.1 Å². The topological polar surface area (TPSA) is 35.2 Å². The van der Waals surface area contributed by atoms with Crippen LogP contribution in [0.1, 0.15) is 50.5 Å². The summed E-state index contributed by atoms with van der Waals surface area (Å²) in [6.45, 7) is 0.736. The lowest BCUT2D eigenvalue weighted by molar-refractivity contribution is -0.141. The van der Waals surface area contributed by atoms with E-state index in [-0.39, 0.29) is 0 Å². The Hall–Kier alpha value is -0.860. The van der Waals surface area contributed by atoms with Crippen LogP contribution in [0.25, 0.3) is 0 Å². The third-order valence-electron chi connectivity index (χ3n) is 5.18. The van der Waals surface area contributed by atoms with E-state index in [1.54, 1.807) is 0 Å². The van der Waals surface area contributed by atoms with Crippen molar-refractivity contribution in [3.8, 4) is 0 Å². The molecule has 0 radical (unpaired) electrons. The first-order valence-electron chi connectivity index (χ1n) is 7.72. The molecule has 1 spiro atoms. The van der Waals surface area contributed by atoms with Gasteiger partial charge in [0.1, 0.15) is 0 Å². The molecule has 0 aromatic heterocycles. The molecule has 2 fully saturated rings. The highest BCUT2D eigenvalue weighted by molar-refractivity contribution is 5.14. The molecule has 2 heteroatoms. The normalized spacial score (nSPS) is 29.7. The molecule has 0 amide bonds. The van der Waals surface area contributed by atoms with E-state index >= 15 is 0 Å². The van der Waals surface area contributed by atoms with Crippen molar-refractivity contribution in [1.29, 1.82) is 0 Å². The van der Waals surface area contributed by atoms with Crippen LogP contribution in [0, 0.1) is 5.41 Å². The van der Waals surface area contributed by atoms with Crippen molar-refractivity contribution in [1.82, 2.24) is 0 Å². The summed E-state index contributed by atoms with van der Waals surface area (Å²) in [7, 11) is 0. The van der Waals surface area contributed by atoms with Crippen LogP contribution in [0.5, 0.6) is 0 Å². The highest BCUT2D eigenvalue weighted by Gasteiger charge is 2.53. The predicted octanol–water partition coefficient (Wildman–Crippen LogP) is 3.64. The Kier molecular flexibility index (Phi) is 3.90. The lowest BCUT2D eigenvalue weighted by Crippen LogP contribution is -2.62. The van der Waals surface area contributed by atoms with Crippen molar-refractivity contribution in [2.45, 2.75) is 63.7 Å². The van der Waals surface area contributed by atoms with Gasteiger partial charge in [-0.1, -0.05) is 56.0 Å². The average molecular weight is 259 g/mol. The molecule has 104 valence electrons. The van der Waals surface area contributed by atoms with Crippen molar-refractivity contribution in [2.75, 3.05) is 0 Å². The molecule has 1 aromatic carbocycles. The minimum absolute atomic E-state index is 0.297. The van der Waals surface area contributed by atoms with Gasteiger partial charge in [0.15, 0.2) is 0 Å². The maximum absolute atomic E-state index is 6.34. The molecule has 0 saturated heterocycles. The van der Waals surface area contributed by atoms with Crippen LogP contribution in [-0.4, -0.2) is 12.1 Å². The maximum atomic E-state index is 6.34. The molecule has 2 saturated carbocycles. The summed E-state index contributed by atoms with van der Waals surface area (Å²) in [5.41, 5.74) is 7.90. The lowest BCUT2D eigenvalue weighted by Gasteiger charge is -2.54. The lowest BCUT2D eigenvalue weighted by atomic mass is 9.58. The third-order valence-corrected chi connectivity index (χ3v) is 5.18. The first kappa shape index (κ1) is 13.1. The minimum atomic E-state index is 0.297. The van der Waals surface area contributed by atoms with E-state index in [0.29, 0.717) is 17.6 Å². The monoisotopic (exact) mass is 259 g/mol. The van der Waals surface area contributed by atoms with E-state index in [0.717, 1.165) is 13.0 Å². The van der Waals surface area contributed by atoms with Gasteiger partial charge >= 0.3 is 0 Å². The SMILES string of the molecule is NC1CC(OCc2ccccc2)C12CCCCCC2. The summed E-state index contributed by atoms with van der Waals surface area (Å²) in [5.74, 6) is 0. The van der Waals surface area contributed by atoms with E-state index in [1.807, 2.05) is 0 Å². The van der Waals surface area contributed by atoms with Gasteiger partial charge in [0, 0.05) is 11.5 Å². The van der Waals surface area contributed by atoms with Crippen molar-refractivity contribution >= 4 is 0 Å². The van der Waals surface area contributed by atoms with Crippen LogP contribution in [0.2, 0.25) is 0 Å². The quantitative estimate of drug-likeness (QED) is 0.899. The van der Waals surface area contributed by atoms with Gasteiger partial charge in [-0.15, -0.1) is 0 Å². The summed E-state index contributed by atoms with van der Waals surface area (Å²) in [6.07, 6.45) is 9.40. The fraction of sp³-hybridized carbons (Fsp3) is 0.647. The van der Waals surface area contributed by atoms with Crippen LogP contribution in [0.4, 0.5) is 0 Å². The largest absolute Gasteiger partial charge is 0.373 e. The first-order valence-corrected chi connectivity index (χ1v) is 7.72. The molecular weight excluding hydrogens is 234 g/mol. The first-order chi connectivity index (χ1) is 9.31. The second-order valence-electron chi connectivity index (χ2n) is 6.27. The van der Waals surface area contributed by atoms with Crippen molar-refractivity contribution in [2.24, 2.45) is 11.1 Å². The predicted molar refractivity (Wildman–Crippen MR) is 77.7 cm³/mol. The number of hydrogen-bond acceptors (Lipinski definition) is 2. The zero-order valence-corrected chi connectivity index (χ0v) is 11.7. The van der Waals surface area contributed by atoms with E-state index in [9.17, 15) is 0 Å². The summed E-state index contributed by atoms with van der Waals surface area (Å²) >= 11 is 0. The number of hydrogen-bond donors (Lipinski definition) is 1. The fourth-order valence-corrected chi connectivity index (χ4v) is 3.86. The standard InChI is InChI=1S/C17H25NO/c18-15-12-16(17(15)10-6-1-2-7-11-17)19-13-14-8-4-3-5-9-14/h3-5,8-9,15-16H,1-2,6-7,10-13,18H2. The van der Waals surface area contributed by atoms with Crippen LogP contribution in [0.15, 0.2) is 30.3 Å². The third kappa shape index (κ3) is 2.56. The van der Waals surface area contributed by atoms with Gasteiger partial charge in [-0.3, -0.25) is 0 Å². The molecular formula is C17H25NO. The Morgan fingerprint density at radius 2 is 1.74 bits per heavy atom. The molecule has 2 nitrogen and oxygen atoms in total. The molecule has 0 heterocycles. The van der Waals surface area contributed by atoms with Crippen LogP contribution < -0.4 is 5.73 Å². The highest BCUT2D eigenvalue weighted by Crippen LogP contribution is 2.51. The minimum Gasteiger partial charge on any atom is -0.373 e. The molecule has 1 aromatic rings. The van der Waals surface area contributed by atoms with Gasteiger partial charge < -0.3 is 10.5 Å². The zero-order valence-electron chi connectivity index (χ0n) is 11.7. The van der Waals surface area contributed by atoms with Crippen molar-refractivity contribution < 1.29 is 4.74 Å². The summed E-state index contributed by atoms with van der Waals surface area (Å²) < 4.78 is 6.20. The number of benzene rings is 1. The maximum Gasteiger partial charge on any atom is 0.0720 e. The molecule has 3 rings (SSSR count). The highest BCUT2D eigenvalue weighted by atomic mass is 16.5. The van der Waals surface area contributed by atoms with Gasteiger partial charge in [0.2, 0.25) is 0 Å². The summed E-state index contributed by atoms with van der Waals surface area (Å²) in [4.78, 5) is 0. The molecule has 2 aliphatic rings. The van der Waals surface area contributed by atoms with Gasteiger partial charge in [-0.2, -0.15) is 0 Å².